The van der Waals surface area contributed by atoms with E-state index in [-0.39, 0.29) is 12.6 Å². The molecule has 0 saturated heterocycles. The van der Waals surface area contributed by atoms with E-state index in [9.17, 15) is 13.2 Å². The number of methoxy groups -OCH3 is 1. The van der Waals surface area contributed by atoms with Crippen LogP contribution in [0.5, 0.6) is 11.5 Å². The molecule has 0 saturated carbocycles. The van der Waals surface area contributed by atoms with E-state index in [1.165, 1.54) is 13.2 Å². The maximum Gasteiger partial charge on any atom is 0.433 e. The van der Waals surface area contributed by atoms with Crippen LogP contribution in [-0.4, -0.2) is 26.6 Å². The van der Waals surface area contributed by atoms with Crippen molar-refractivity contribution in [2.75, 3.05) is 7.11 Å². The van der Waals surface area contributed by atoms with Crippen LogP contribution < -0.4 is 9.47 Å². The number of nitrogens with zero attached hydrogens (tertiary/aromatic N) is 4. The molecule has 0 fully saturated rings. The lowest BCUT2D eigenvalue weighted by molar-refractivity contribution is -0.141. The Balaban J connectivity index is 1.52. The molecule has 166 valence electrons. The first-order valence-corrected chi connectivity index (χ1v) is 10.6. The van der Waals surface area contributed by atoms with Gasteiger partial charge in [-0.05, 0) is 59.3 Å². The molecule has 6 nitrogen and oxygen atoms in total. The fourth-order valence-corrected chi connectivity index (χ4v) is 3.67. The largest absolute Gasteiger partial charge is 0.493 e. The Morgan fingerprint density at radius 3 is 2.53 bits per heavy atom. The van der Waals surface area contributed by atoms with Crippen LogP contribution in [0.15, 0.2) is 55.1 Å². The number of fused-ring (bicyclic) bond motifs is 1. The SMILES string of the molecule is COc1cc(C(C)n2cnc3cc(I)cnc32)ccc1OCc1ccc(C(F)(F)F)nc1. The minimum Gasteiger partial charge on any atom is -0.493 e. The third-order valence-corrected chi connectivity index (χ3v) is 5.57. The van der Waals surface area contributed by atoms with Gasteiger partial charge >= 0.3 is 6.18 Å². The first-order chi connectivity index (χ1) is 15.3. The van der Waals surface area contributed by atoms with Crippen LogP contribution in [0, 0.1) is 3.57 Å². The zero-order valence-corrected chi connectivity index (χ0v) is 19.3. The van der Waals surface area contributed by atoms with Gasteiger partial charge in [-0.25, -0.2) is 9.97 Å². The van der Waals surface area contributed by atoms with Gasteiger partial charge < -0.3 is 14.0 Å². The molecule has 0 aliphatic carbocycles. The molecule has 0 aliphatic rings. The van der Waals surface area contributed by atoms with Crippen molar-refractivity contribution in [1.29, 1.82) is 0 Å². The van der Waals surface area contributed by atoms with Gasteiger partial charge in [-0.15, -0.1) is 0 Å². The second kappa shape index (κ2) is 8.93. The number of imidazole rings is 1. The summed E-state index contributed by atoms with van der Waals surface area (Å²) in [6.45, 7) is 2.09. The summed E-state index contributed by atoms with van der Waals surface area (Å²) in [5, 5.41) is 0. The molecule has 10 heteroatoms. The summed E-state index contributed by atoms with van der Waals surface area (Å²) in [4.78, 5) is 12.4. The van der Waals surface area contributed by atoms with Gasteiger partial charge in [-0.2, -0.15) is 13.2 Å². The Hall–Kier alpha value is -2.89. The van der Waals surface area contributed by atoms with Crippen LogP contribution in [0.1, 0.15) is 29.8 Å². The number of pyridine rings is 2. The highest BCUT2D eigenvalue weighted by Gasteiger charge is 2.32. The van der Waals surface area contributed by atoms with Gasteiger partial charge in [0.2, 0.25) is 0 Å². The van der Waals surface area contributed by atoms with Gasteiger partial charge in [-0.1, -0.05) is 12.1 Å². The molecule has 1 atom stereocenters. The molecule has 0 bridgehead atoms. The molecule has 0 N–H and O–H groups in total. The lowest BCUT2D eigenvalue weighted by atomic mass is 10.1. The lowest BCUT2D eigenvalue weighted by Gasteiger charge is -2.17. The number of halogens is 4. The van der Waals surface area contributed by atoms with Gasteiger partial charge in [0.05, 0.1) is 19.5 Å². The van der Waals surface area contributed by atoms with Gasteiger partial charge in [-0.3, -0.25) is 4.98 Å². The predicted octanol–water partition coefficient (Wildman–Crippen LogP) is 5.65. The number of alkyl halides is 3. The first-order valence-electron chi connectivity index (χ1n) is 9.57. The monoisotopic (exact) mass is 554 g/mol. The number of rotatable bonds is 6. The number of hydrogen-bond acceptors (Lipinski definition) is 5. The summed E-state index contributed by atoms with van der Waals surface area (Å²) in [5.41, 5.74) is 2.15. The van der Waals surface area contributed by atoms with Crippen LogP contribution in [0.2, 0.25) is 0 Å². The molecular weight excluding hydrogens is 536 g/mol. The van der Waals surface area contributed by atoms with Gasteiger partial charge in [0.1, 0.15) is 17.8 Å². The van der Waals surface area contributed by atoms with Crippen molar-refractivity contribution in [3.05, 3.63) is 75.5 Å². The van der Waals surface area contributed by atoms with Gasteiger partial charge in [0, 0.05) is 21.5 Å². The van der Waals surface area contributed by atoms with Crippen LogP contribution >= 0.6 is 22.6 Å². The standard InChI is InChI=1S/C22H18F3IN4O2/c1-13(30-12-29-17-8-16(26)10-28-21(17)30)15-4-5-18(19(7-15)31-2)32-11-14-3-6-20(27-9-14)22(23,24)25/h3-10,12-13H,11H2,1-2H3. The molecule has 1 aromatic carbocycles. The highest BCUT2D eigenvalue weighted by Crippen LogP contribution is 2.33. The molecule has 0 spiro atoms. The Kier molecular flexibility index (Phi) is 6.22. The van der Waals surface area contributed by atoms with Crippen LogP contribution in [0.4, 0.5) is 13.2 Å². The Morgan fingerprint density at radius 1 is 1.03 bits per heavy atom. The average Bonchev–Trinajstić information content (AvgIpc) is 3.19. The fourth-order valence-electron chi connectivity index (χ4n) is 3.24. The predicted molar refractivity (Wildman–Crippen MR) is 121 cm³/mol. The molecule has 0 radical (unpaired) electrons. The van der Waals surface area contributed by atoms with Crippen LogP contribution in [0.3, 0.4) is 0 Å². The van der Waals surface area contributed by atoms with E-state index in [0.717, 1.165) is 32.6 Å². The fraction of sp³-hybridized carbons (Fsp3) is 0.227. The van der Waals surface area contributed by atoms with E-state index in [1.807, 2.05) is 29.7 Å². The van der Waals surface area contributed by atoms with Gasteiger partial charge in [0.25, 0.3) is 0 Å². The van der Waals surface area contributed by atoms with Crippen molar-refractivity contribution >= 4 is 33.8 Å². The highest BCUT2D eigenvalue weighted by atomic mass is 127. The zero-order chi connectivity index (χ0) is 22.9. The summed E-state index contributed by atoms with van der Waals surface area (Å²) in [6, 6.07) is 9.74. The highest BCUT2D eigenvalue weighted by molar-refractivity contribution is 14.1. The van der Waals surface area contributed by atoms with Crippen molar-refractivity contribution in [3.8, 4) is 11.5 Å². The Bertz CT molecular complexity index is 1240. The van der Waals surface area contributed by atoms with E-state index in [4.69, 9.17) is 9.47 Å². The van der Waals surface area contributed by atoms with Crippen molar-refractivity contribution in [2.24, 2.45) is 0 Å². The summed E-state index contributed by atoms with van der Waals surface area (Å²) >= 11 is 2.20. The summed E-state index contributed by atoms with van der Waals surface area (Å²) in [7, 11) is 1.53. The number of ether oxygens (including phenoxy) is 2. The summed E-state index contributed by atoms with van der Waals surface area (Å²) in [6.07, 6.45) is 0.238. The smallest absolute Gasteiger partial charge is 0.433 e. The van der Waals surface area contributed by atoms with E-state index in [2.05, 4.69) is 37.5 Å². The summed E-state index contributed by atoms with van der Waals surface area (Å²) < 4.78 is 52.2. The van der Waals surface area contributed by atoms with Crippen LogP contribution in [0.25, 0.3) is 11.2 Å². The van der Waals surface area contributed by atoms with Crippen molar-refractivity contribution in [3.63, 3.8) is 0 Å². The number of benzene rings is 1. The minimum atomic E-state index is -4.47. The van der Waals surface area contributed by atoms with Crippen molar-refractivity contribution in [1.82, 2.24) is 19.5 Å². The van der Waals surface area contributed by atoms with Gasteiger partial charge in [0.15, 0.2) is 17.1 Å². The Labute approximate surface area is 195 Å². The molecule has 0 amide bonds. The molecule has 4 aromatic rings. The zero-order valence-electron chi connectivity index (χ0n) is 17.1. The first kappa shape index (κ1) is 22.3. The average molecular weight is 554 g/mol. The maximum atomic E-state index is 12.7. The Morgan fingerprint density at radius 2 is 1.84 bits per heavy atom. The third kappa shape index (κ3) is 4.64. The molecule has 3 heterocycles. The quantitative estimate of drug-likeness (QED) is 0.289. The van der Waals surface area contributed by atoms with E-state index in [1.54, 1.807) is 18.6 Å². The third-order valence-electron chi connectivity index (χ3n) is 4.98. The maximum absolute atomic E-state index is 12.7. The van der Waals surface area contributed by atoms with E-state index < -0.39 is 11.9 Å². The topological polar surface area (TPSA) is 62.1 Å². The van der Waals surface area contributed by atoms with Crippen molar-refractivity contribution < 1.29 is 22.6 Å². The second-order valence-electron chi connectivity index (χ2n) is 7.07. The summed E-state index contributed by atoms with van der Waals surface area (Å²) in [5.74, 6) is 0.993. The van der Waals surface area contributed by atoms with E-state index >= 15 is 0 Å². The molecule has 0 aliphatic heterocycles. The molecule has 32 heavy (non-hydrogen) atoms. The number of aromatic nitrogens is 4. The second-order valence-corrected chi connectivity index (χ2v) is 8.32. The minimum absolute atomic E-state index is 0.0605. The molecule has 3 aromatic heterocycles. The molecule has 4 rings (SSSR count). The van der Waals surface area contributed by atoms with E-state index in [0.29, 0.717) is 17.1 Å². The lowest BCUT2D eigenvalue weighted by Crippen LogP contribution is -2.08. The van der Waals surface area contributed by atoms with Crippen molar-refractivity contribution in [2.45, 2.75) is 25.7 Å². The number of hydrogen-bond donors (Lipinski definition) is 0. The van der Waals surface area contributed by atoms with Crippen LogP contribution in [-0.2, 0) is 12.8 Å². The molecule has 1 unspecified atom stereocenters. The normalized spacial score (nSPS) is 12.7. The molecular formula is C22H18F3IN4O2.